The molecule has 0 aromatic rings. The molecule has 0 aliphatic carbocycles. The van der Waals surface area contributed by atoms with E-state index in [0.717, 1.165) is 32.8 Å². The molecule has 0 spiro atoms. The molecule has 0 radical (unpaired) electrons. The van der Waals surface area contributed by atoms with Gasteiger partial charge in [0.25, 0.3) is 0 Å². The van der Waals surface area contributed by atoms with Crippen molar-refractivity contribution >= 4 is 23.5 Å². The van der Waals surface area contributed by atoms with E-state index in [1.807, 2.05) is 0 Å². The van der Waals surface area contributed by atoms with E-state index in [9.17, 15) is 0 Å². The van der Waals surface area contributed by atoms with Crippen molar-refractivity contribution in [3.63, 3.8) is 0 Å². The van der Waals surface area contributed by atoms with E-state index in [2.05, 4.69) is 23.5 Å². The second-order valence-corrected chi connectivity index (χ2v) is 7.70. The van der Waals surface area contributed by atoms with Crippen LogP contribution in [0.5, 0.6) is 0 Å². The van der Waals surface area contributed by atoms with Crippen molar-refractivity contribution in [1.29, 1.82) is 0 Å². The molecule has 4 unspecified atom stereocenters. The van der Waals surface area contributed by atoms with Crippen molar-refractivity contribution in [2.45, 2.75) is 46.7 Å². The summed E-state index contributed by atoms with van der Waals surface area (Å²) in [6, 6.07) is 0. The fourth-order valence-electron chi connectivity index (χ4n) is 3.98. The first-order valence-electron chi connectivity index (χ1n) is 5.24. The Labute approximate surface area is 82.2 Å². The summed E-state index contributed by atoms with van der Waals surface area (Å²) in [7, 11) is 0. The highest BCUT2D eigenvalue weighted by Gasteiger charge is 2.60. The van der Waals surface area contributed by atoms with Gasteiger partial charge in [0.1, 0.15) is 0 Å². The van der Waals surface area contributed by atoms with Crippen LogP contribution in [-0.2, 0) is 0 Å². The highest BCUT2D eigenvalue weighted by Crippen LogP contribution is 2.67. The Kier molecular flexibility index (Phi) is 1.29. The molecule has 4 aliphatic heterocycles. The maximum Gasteiger partial charge on any atom is 0.00926 e. The highest BCUT2D eigenvalue weighted by atomic mass is 32.2. The Morgan fingerprint density at radius 3 is 1.25 bits per heavy atom. The van der Waals surface area contributed by atoms with Crippen molar-refractivity contribution in [3.8, 4) is 0 Å². The van der Waals surface area contributed by atoms with E-state index in [4.69, 9.17) is 0 Å². The van der Waals surface area contributed by atoms with E-state index in [1.165, 1.54) is 0 Å². The van der Waals surface area contributed by atoms with Gasteiger partial charge in [-0.15, -0.1) is 0 Å². The van der Waals surface area contributed by atoms with Gasteiger partial charge in [-0.05, 0) is 37.5 Å². The van der Waals surface area contributed by atoms with Crippen molar-refractivity contribution in [2.24, 2.45) is 11.8 Å². The minimum atomic E-state index is 1.10. The molecule has 0 aromatic heterocycles. The second-order valence-electron chi connectivity index (χ2n) is 4.74. The van der Waals surface area contributed by atoms with Crippen LogP contribution in [0.25, 0.3) is 0 Å². The maximum atomic E-state index is 2.36. The van der Waals surface area contributed by atoms with Crippen LogP contribution >= 0.6 is 23.5 Å². The van der Waals surface area contributed by atoms with Gasteiger partial charge in [0.2, 0.25) is 0 Å². The first-order chi connectivity index (χ1) is 5.93. The molecular formula is C10H14S2. The van der Waals surface area contributed by atoms with E-state index < -0.39 is 0 Å². The Morgan fingerprint density at radius 1 is 0.583 bits per heavy atom. The molecule has 4 rings (SSSR count). The van der Waals surface area contributed by atoms with Crippen LogP contribution < -0.4 is 0 Å². The van der Waals surface area contributed by atoms with Gasteiger partial charge in [-0.25, -0.2) is 0 Å². The minimum Gasteiger partial charge on any atom is -0.154 e. The number of rotatable bonds is 0. The Hall–Kier alpha value is 0.700. The minimum absolute atomic E-state index is 1.10. The fourth-order valence-corrected chi connectivity index (χ4v) is 8.38. The van der Waals surface area contributed by atoms with Crippen LogP contribution in [0.1, 0.15) is 25.7 Å². The van der Waals surface area contributed by atoms with Gasteiger partial charge in [-0.3, -0.25) is 0 Å². The lowest BCUT2D eigenvalue weighted by Crippen LogP contribution is -2.35. The normalized spacial score (nSPS) is 66.0. The number of thioether (sulfide) groups is 2. The van der Waals surface area contributed by atoms with Crippen LogP contribution in [0.3, 0.4) is 0 Å². The van der Waals surface area contributed by atoms with E-state index >= 15 is 0 Å². The van der Waals surface area contributed by atoms with E-state index in [-0.39, 0.29) is 0 Å². The zero-order valence-electron chi connectivity index (χ0n) is 7.11. The molecule has 0 saturated carbocycles. The molecule has 4 fully saturated rings. The topological polar surface area (TPSA) is 0 Å². The fraction of sp³-hybridized carbons (Fsp3) is 1.00. The lowest BCUT2D eigenvalue weighted by Gasteiger charge is -2.31. The monoisotopic (exact) mass is 198 g/mol. The first kappa shape index (κ1) is 7.05. The summed E-state index contributed by atoms with van der Waals surface area (Å²) < 4.78 is 0. The van der Waals surface area contributed by atoms with Gasteiger partial charge in [-0.2, -0.15) is 23.5 Å². The third-order valence-electron chi connectivity index (χ3n) is 4.33. The Balaban J connectivity index is 1.77. The summed E-state index contributed by atoms with van der Waals surface area (Å²) in [6.45, 7) is 0. The van der Waals surface area contributed by atoms with Gasteiger partial charge in [-0.1, -0.05) is 0 Å². The predicted octanol–water partition coefficient (Wildman–Crippen LogP) is 2.77. The number of fused-ring (bicyclic) bond motifs is 9. The van der Waals surface area contributed by atoms with Crippen molar-refractivity contribution in [3.05, 3.63) is 0 Å². The van der Waals surface area contributed by atoms with Crippen molar-refractivity contribution in [2.75, 3.05) is 0 Å². The van der Waals surface area contributed by atoms with Gasteiger partial charge in [0, 0.05) is 21.0 Å². The summed E-state index contributed by atoms with van der Waals surface area (Å²) in [6.07, 6.45) is 6.22. The third-order valence-corrected chi connectivity index (χ3v) is 7.93. The lowest BCUT2D eigenvalue weighted by molar-refractivity contribution is 0.249. The molecule has 4 aliphatic rings. The highest BCUT2D eigenvalue weighted by molar-refractivity contribution is 8.03. The van der Waals surface area contributed by atoms with E-state index in [1.54, 1.807) is 25.7 Å². The molecule has 66 valence electrons. The summed E-state index contributed by atoms with van der Waals surface area (Å²) >= 11 is 4.72. The lowest BCUT2D eigenvalue weighted by atomic mass is 9.71. The zero-order valence-corrected chi connectivity index (χ0v) is 8.74. The SMILES string of the molecule is C1CC2SC1C1C3CCC(S3)C21. The van der Waals surface area contributed by atoms with Gasteiger partial charge in [0.05, 0.1) is 0 Å². The quantitative estimate of drug-likeness (QED) is 0.587. The van der Waals surface area contributed by atoms with E-state index in [0.29, 0.717) is 0 Å². The molecule has 0 amide bonds. The summed E-state index contributed by atoms with van der Waals surface area (Å²) in [5.74, 6) is 2.33. The molecule has 0 aromatic carbocycles. The van der Waals surface area contributed by atoms with Gasteiger partial charge >= 0.3 is 0 Å². The van der Waals surface area contributed by atoms with Crippen LogP contribution in [0.4, 0.5) is 0 Å². The van der Waals surface area contributed by atoms with Crippen LogP contribution in [0.2, 0.25) is 0 Å². The third kappa shape index (κ3) is 0.672. The summed E-state index contributed by atoms with van der Waals surface area (Å²) in [5.41, 5.74) is 0. The van der Waals surface area contributed by atoms with Gasteiger partial charge < -0.3 is 0 Å². The number of hydrogen-bond donors (Lipinski definition) is 0. The Bertz CT molecular complexity index is 184. The molecule has 4 bridgehead atoms. The first-order valence-corrected chi connectivity index (χ1v) is 7.13. The predicted molar refractivity (Wildman–Crippen MR) is 55.8 cm³/mol. The average Bonchev–Trinajstić information content (AvgIpc) is 2.83. The van der Waals surface area contributed by atoms with Crippen molar-refractivity contribution in [1.82, 2.24) is 0 Å². The second kappa shape index (κ2) is 2.20. The summed E-state index contributed by atoms with van der Waals surface area (Å²) in [4.78, 5) is 0. The largest absolute Gasteiger partial charge is 0.154 e. The Morgan fingerprint density at radius 2 is 0.917 bits per heavy atom. The molecule has 4 saturated heterocycles. The molecule has 0 nitrogen and oxygen atoms in total. The van der Waals surface area contributed by atoms with Gasteiger partial charge in [0.15, 0.2) is 0 Å². The zero-order chi connectivity index (χ0) is 7.71. The molecule has 4 heterocycles. The molecule has 12 heavy (non-hydrogen) atoms. The smallest absolute Gasteiger partial charge is 0.00926 e. The standard InChI is InChI=1S/C10H14S2/c1-2-6-10-8-4-3-7(12-8)9(10)5(1)11-6/h5-10H,1-4H2. The molecular weight excluding hydrogens is 184 g/mol. The molecule has 0 N–H and O–H groups in total. The maximum absolute atomic E-state index is 2.36. The van der Waals surface area contributed by atoms with Crippen LogP contribution in [-0.4, -0.2) is 21.0 Å². The molecule has 2 heteroatoms. The van der Waals surface area contributed by atoms with Crippen LogP contribution in [0, 0.1) is 11.8 Å². The molecule has 4 atom stereocenters. The van der Waals surface area contributed by atoms with Crippen molar-refractivity contribution < 1.29 is 0 Å². The van der Waals surface area contributed by atoms with Crippen LogP contribution in [0.15, 0.2) is 0 Å². The number of hydrogen-bond acceptors (Lipinski definition) is 2. The average molecular weight is 198 g/mol. The summed E-state index contributed by atoms with van der Waals surface area (Å²) in [5, 5.41) is 4.40.